The Morgan fingerprint density at radius 1 is 0.903 bits per heavy atom. The third-order valence-electron chi connectivity index (χ3n) is 5.75. The smallest absolute Gasteiger partial charge is 0.240 e. The molecule has 1 atom stereocenters. The molecule has 2 aliphatic heterocycles. The molecule has 0 saturated carbocycles. The second kappa shape index (κ2) is 11.1. The zero-order chi connectivity index (χ0) is 22.4. The van der Waals surface area contributed by atoms with Crippen molar-refractivity contribution in [3.63, 3.8) is 0 Å². The van der Waals surface area contributed by atoms with Crippen LogP contribution in [0.25, 0.3) is 0 Å². The number of amides is 1. The van der Waals surface area contributed by atoms with Crippen LogP contribution in [0.15, 0.2) is 48.5 Å². The number of halogens is 2. The van der Waals surface area contributed by atoms with Gasteiger partial charge in [-0.3, -0.25) is 14.6 Å². The van der Waals surface area contributed by atoms with Crippen molar-refractivity contribution in [3.8, 4) is 0 Å². The lowest BCUT2D eigenvalue weighted by Gasteiger charge is -2.40. The van der Waals surface area contributed by atoms with Crippen LogP contribution in [-0.4, -0.2) is 71.5 Å². The van der Waals surface area contributed by atoms with Crippen molar-refractivity contribution in [1.29, 1.82) is 0 Å². The van der Waals surface area contributed by atoms with Gasteiger partial charge in [-0.1, -0.05) is 38.1 Å². The molecule has 0 spiro atoms. The van der Waals surface area contributed by atoms with Gasteiger partial charge in [0.25, 0.3) is 0 Å². The Morgan fingerprint density at radius 3 is 1.81 bits per heavy atom. The number of hydrogen-bond acceptors (Lipinski definition) is 4. The number of carbonyl (C=O) groups excluding carboxylic acids is 1. The third-order valence-corrected chi connectivity index (χ3v) is 6.89. The second-order valence-electron chi connectivity index (χ2n) is 7.64. The van der Waals surface area contributed by atoms with E-state index in [9.17, 15) is 13.6 Å². The van der Waals surface area contributed by atoms with E-state index in [0.29, 0.717) is 13.1 Å². The molecule has 0 N–H and O–H groups in total. The fourth-order valence-corrected chi connectivity index (χ4v) is 5.29. The van der Waals surface area contributed by atoms with Gasteiger partial charge in [-0.25, -0.2) is 8.78 Å². The van der Waals surface area contributed by atoms with Crippen LogP contribution < -0.4 is 0 Å². The molecule has 31 heavy (non-hydrogen) atoms. The predicted molar refractivity (Wildman–Crippen MR) is 123 cm³/mol. The number of hydrogen-bond donors (Lipinski definition) is 0. The molecule has 0 bridgehead atoms. The summed E-state index contributed by atoms with van der Waals surface area (Å²) in [5.41, 5.74) is 1.93. The molecule has 4 rings (SSSR count). The Labute approximate surface area is 188 Å². The Morgan fingerprint density at radius 2 is 1.39 bits per heavy atom. The number of benzene rings is 2. The summed E-state index contributed by atoms with van der Waals surface area (Å²) in [5, 5.41) is 0. The lowest BCUT2D eigenvalue weighted by Crippen LogP contribution is -2.54. The first-order valence-corrected chi connectivity index (χ1v) is 12.0. The topological polar surface area (TPSA) is 26.8 Å². The SMILES string of the molecule is CC.CN1CSC[C@@H]1C(=O)N1CCN(C(c2ccc(F)cc2)c2ccc(F)cc2)CC1. The van der Waals surface area contributed by atoms with Gasteiger partial charge in [0.1, 0.15) is 11.6 Å². The predicted octanol–water partition coefficient (Wildman–Crippen LogP) is 4.23. The summed E-state index contributed by atoms with van der Waals surface area (Å²) in [6, 6.07) is 12.8. The third kappa shape index (κ3) is 5.64. The molecule has 4 nitrogen and oxygen atoms in total. The maximum absolute atomic E-state index is 13.5. The van der Waals surface area contributed by atoms with E-state index in [1.54, 1.807) is 36.0 Å². The van der Waals surface area contributed by atoms with Gasteiger partial charge in [-0.15, -0.1) is 11.8 Å². The van der Waals surface area contributed by atoms with E-state index in [2.05, 4.69) is 9.80 Å². The molecule has 2 fully saturated rings. The van der Waals surface area contributed by atoms with E-state index in [1.807, 2.05) is 25.8 Å². The molecule has 2 heterocycles. The standard InChI is InChI=1S/C22H25F2N3OS.C2H6/c1-25-15-29-14-20(25)22(28)27-12-10-26(11-13-27)21(16-2-6-18(23)7-3-16)17-4-8-19(24)9-5-17;1-2/h2-9,20-21H,10-15H2,1H3;1-2H3/t20-;/m1./s1. The fourth-order valence-electron chi connectivity index (χ4n) is 4.10. The highest BCUT2D eigenvalue weighted by Gasteiger charge is 2.34. The molecule has 0 unspecified atom stereocenters. The van der Waals surface area contributed by atoms with E-state index in [1.165, 1.54) is 24.3 Å². The van der Waals surface area contributed by atoms with Gasteiger partial charge in [0, 0.05) is 37.8 Å². The number of rotatable bonds is 4. The van der Waals surface area contributed by atoms with Gasteiger partial charge >= 0.3 is 0 Å². The molecule has 168 valence electrons. The van der Waals surface area contributed by atoms with Crippen molar-refractivity contribution < 1.29 is 13.6 Å². The zero-order valence-electron chi connectivity index (χ0n) is 18.4. The summed E-state index contributed by atoms with van der Waals surface area (Å²) >= 11 is 1.79. The minimum Gasteiger partial charge on any atom is -0.339 e. The second-order valence-corrected chi connectivity index (χ2v) is 8.64. The minimum atomic E-state index is -0.277. The van der Waals surface area contributed by atoms with Crippen molar-refractivity contribution in [2.75, 3.05) is 44.9 Å². The highest BCUT2D eigenvalue weighted by atomic mass is 32.2. The highest BCUT2D eigenvalue weighted by molar-refractivity contribution is 7.99. The fraction of sp³-hybridized carbons (Fsp3) is 0.458. The summed E-state index contributed by atoms with van der Waals surface area (Å²) < 4.78 is 26.9. The Bertz CT molecular complexity index is 793. The summed E-state index contributed by atoms with van der Waals surface area (Å²) in [6.45, 7) is 6.75. The maximum atomic E-state index is 13.5. The van der Waals surface area contributed by atoms with Crippen molar-refractivity contribution >= 4 is 17.7 Å². The van der Waals surface area contributed by atoms with E-state index >= 15 is 0 Å². The van der Waals surface area contributed by atoms with Crippen molar-refractivity contribution in [2.24, 2.45) is 0 Å². The van der Waals surface area contributed by atoms with Gasteiger partial charge in [-0.2, -0.15) is 0 Å². The van der Waals surface area contributed by atoms with Gasteiger partial charge in [0.2, 0.25) is 5.91 Å². The average Bonchev–Trinajstić information content (AvgIpc) is 3.24. The molecule has 0 aromatic heterocycles. The molecule has 0 radical (unpaired) electrons. The Kier molecular flexibility index (Phi) is 8.46. The average molecular weight is 448 g/mol. The molecule has 2 saturated heterocycles. The number of thioether (sulfide) groups is 1. The first-order chi connectivity index (χ1) is 15.0. The summed E-state index contributed by atoms with van der Waals surface area (Å²) in [6.07, 6.45) is 0. The van der Waals surface area contributed by atoms with Gasteiger partial charge in [-0.05, 0) is 42.4 Å². The number of likely N-dealkylation sites (N-methyl/N-ethyl adjacent to an activating group) is 1. The van der Waals surface area contributed by atoms with Crippen LogP contribution in [0.2, 0.25) is 0 Å². The first kappa shape index (κ1) is 23.7. The molecule has 7 heteroatoms. The van der Waals surface area contributed by atoms with Crippen LogP contribution in [0.4, 0.5) is 8.78 Å². The van der Waals surface area contributed by atoms with Gasteiger partial charge in [0.05, 0.1) is 12.1 Å². The largest absolute Gasteiger partial charge is 0.339 e. The number of nitrogens with zero attached hydrogens (tertiary/aromatic N) is 3. The Hall–Kier alpha value is -1.96. The van der Waals surface area contributed by atoms with Crippen molar-refractivity contribution in [3.05, 3.63) is 71.3 Å². The molecular formula is C24H31F2N3OS. The van der Waals surface area contributed by atoms with E-state index < -0.39 is 0 Å². The molecule has 0 aliphatic carbocycles. The normalized spacial score (nSPS) is 19.9. The molecule has 2 aromatic carbocycles. The summed E-state index contributed by atoms with van der Waals surface area (Å²) in [4.78, 5) is 19.2. The van der Waals surface area contributed by atoms with Crippen LogP contribution in [0.3, 0.4) is 0 Å². The lowest BCUT2D eigenvalue weighted by atomic mass is 9.96. The molecule has 2 aromatic rings. The molecular weight excluding hydrogens is 416 g/mol. The maximum Gasteiger partial charge on any atom is 0.240 e. The molecule has 1 amide bonds. The quantitative estimate of drug-likeness (QED) is 0.701. The van der Waals surface area contributed by atoms with Crippen molar-refractivity contribution in [1.82, 2.24) is 14.7 Å². The minimum absolute atomic E-state index is 0.0310. The van der Waals surface area contributed by atoms with Crippen LogP contribution in [0.5, 0.6) is 0 Å². The van der Waals surface area contributed by atoms with Gasteiger partial charge < -0.3 is 4.90 Å². The van der Waals surface area contributed by atoms with E-state index in [4.69, 9.17) is 0 Å². The number of piperazine rings is 1. The molecule has 2 aliphatic rings. The van der Waals surface area contributed by atoms with Crippen LogP contribution in [-0.2, 0) is 4.79 Å². The van der Waals surface area contributed by atoms with Crippen LogP contribution in [0, 0.1) is 11.6 Å². The highest BCUT2D eigenvalue weighted by Crippen LogP contribution is 2.30. The van der Waals surface area contributed by atoms with Crippen LogP contribution >= 0.6 is 11.8 Å². The van der Waals surface area contributed by atoms with Gasteiger partial charge in [0.15, 0.2) is 0 Å². The monoisotopic (exact) mass is 447 g/mol. The summed E-state index contributed by atoms with van der Waals surface area (Å²) in [5.74, 6) is 1.40. The first-order valence-electron chi connectivity index (χ1n) is 10.8. The zero-order valence-corrected chi connectivity index (χ0v) is 19.2. The Balaban J connectivity index is 0.00000132. The van der Waals surface area contributed by atoms with Crippen molar-refractivity contribution in [2.45, 2.75) is 25.9 Å². The number of carbonyl (C=O) groups is 1. The van der Waals surface area contributed by atoms with E-state index in [0.717, 1.165) is 35.8 Å². The summed E-state index contributed by atoms with van der Waals surface area (Å²) in [7, 11) is 2.00. The van der Waals surface area contributed by atoms with Crippen LogP contribution in [0.1, 0.15) is 31.0 Å². The van der Waals surface area contributed by atoms with E-state index in [-0.39, 0.29) is 29.6 Å². The lowest BCUT2D eigenvalue weighted by molar-refractivity contribution is -0.137.